The summed E-state index contributed by atoms with van der Waals surface area (Å²) in [5.41, 5.74) is 6.60. The second-order valence-electron chi connectivity index (χ2n) is 14.6. The molecule has 4 aromatic carbocycles. The summed E-state index contributed by atoms with van der Waals surface area (Å²) in [6, 6.07) is 31.5. The zero-order valence-electron chi connectivity index (χ0n) is 29.3. The van der Waals surface area contributed by atoms with Crippen molar-refractivity contribution in [1.29, 1.82) is 0 Å². The fraction of sp³-hybridized carbons (Fsp3) is 0.326. The molecular weight excluding hydrogens is 676 g/mol. The highest BCUT2D eigenvalue weighted by atomic mass is 32.2. The lowest BCUT2D eigenvalue weighted by Crippen LogP contribution is -2.16. The molecule has 1 aliphatic rings. The minimum atomic E-state index is -0.178. The van der Waals surface area contributed by atoms with Crippen LogP contribution in [0.3, 0.4) is 0 Å². The Morgan fingerprint density at radius 2 is 1.84 bits per heavy atom. The van der Waals surface area contributed by atoms with Gasteiger partial charge in [0.1, 0.15) is 17.8 Å². The molecule has 3 nitrogen and oxygen atoms in total. The van der Waals surface area contributed by atoms with Gasteiger partial charge in [0.15, 0.2) is 0 Å². The largest absolute Gasteiger partial charge is 0.448 e. The van der Waals surface area contributed by atoms with E-state index in [2.05, 4.69) is 98.5 Å². The van der Waals surface area contributed by atoms with Crippen LogP contribution in [-0.4, -0.2) is 20.5 Å². The number of hydrogen-bond acceptors (Lipinski definition) is 5. The summed E-state index contributed by atoms with van der Waals surface area (Å²) in [6.45, 7) is 9.31. The van der Waals surface area contributed by atoms with Crippen LogP contribution in [0.4, 0.5) is 4.39 Å². The van der Waals surface area contributed by atoms with E-state index >= 15 is 4.39 Å². The van der Waals surface area contributed by atoms with Gasteiger partial charge >= 0.3 is 0 Å². The van der Waals surface area contributed by atoms with Crippen LogP contribution in [0.5, 0.6) is 0 Å². The van der Waals surface area contributed by atoms with Crippen LogP contribution in [0.25, 0.3) is 22.2 Å². The van der Waals surface area contributed by atoms with Crippen molar-refractivity contribution >= 4 is 46.4 Å². The van der Waals surface area contributed by atoms with Crippen molar-refractivity contribution in [1.82, 2.24) is 8.96 Å². The molecular formula is C43H45FN2OS3. The molecule has 7 heteroatoms. The summed E-state index contributed by atoms with van der Waals surface area (Å²) < 4.78 is 24.7. The Balaban J connectivity index is 1.26. The number of aromatic nitrogens is 2. The van der Waals surface area contributed by atoms with Gasteiger partial charge in [-0.2, -0.15) is 11.8 Å². The molecule has 2 aromatic heterocycles. The second kappa shape index (κ2) is 15.5. The smallest absolute Gasteiger partial charge is 0.202 e. The first-order valence-electron chi connectivity index (χ1n) is 17.7. The van der Waals surface area contributed by atoms with E-state index in [0.717, 1.165) is 87.0 Å². The third kappa shape index (κ3) is 8.22. The predicted molar refractivity (Wildman–Crippen MR) is 211 cm³/mol. The van der Waals surface area contributed by atoms with Gasteiger partial charge in [-0.25, -0.2) is 9.37 Å². The van der Waals surface area contributed by atoms with Crippen molar-refractivity contribution in [2.75, 3.05) is 11.5 Å². The van der Waals surface area contributed by atoms with Gasteiger partial charge in [0.05, 0.1) is 16.3 Å². The van der Waals surface area contributed by atoms with Gasteiger partial charge in [0.2, 0.25) is 5.89 Å². The maximum absolute atomic E-state index is 16.3. The maximum atomic E-state index is 16.3. The molecule has 1 aliphatic heterocycles. The Morgan fingerprint density at radius 3 is 2.68 bits per heavy atom. The van der Waals surface area contributed by atoms with Crippen molar-refractivity contribution in [3.63, 3.8) is 0 Å². The van der Waals surface area contributed by atoms with Crippen LogP contribution in [0, 0.1) is 17.2 Å². The molecule has 0 saturated carbocycles. The summed E-state index contributed by atoms with van der Waals surface area (Å²) in [4.78, 5) is 7.93. The fourth-order valence-corrected chi connectivity index (χ4v) is 10.1. The Hall–Kier alpha value is -3.39. The van der Waals surface area contributed by atoms with Crippen LogP contribution >= 0.6 is 35.5 Å². The van der Waals surface area contributed by atoms with Gasteiger partial charge in [-0.15, -0.1) is 0 Å². The van der Waals surface area contributed by atoms with E-state index in [-0.39, 0.29) is 17.2 Å². The summed E-state index contributed by atoms with van der Waals surface area (Å²) in [5.74, 6) is 3.27. The zero-order valence-corrected chi connectivity index (χ0v) is 31.8. The molecule has 0 saturated heterocycles. The van der Waals surface area contributed by atoms with Crippen LogP contribution < -0.4 is 0 Å². The lowest BCUT2D eigenvalue weighted by Gasteiger charge is -2.25. The topological polar surface area (TPSA) is 31.0 Å². The Kier molecular flexibility index (Phi) is 10.8. The molecule has 0 aliphatic carbocycles. The number of oxazole rings is 1. The normalized spacial score (nSPS) is 17.0. The summed E-state index contributed by atoms with van der Waals surface area (Å²) in [7, 11) is 0. The highest BCUT2D eigenvalue weighted by molar-refractivity contribution is 7.99. The third-order valence-electron chi connectivity index (χ3n) is 9.42. The van der Waals surface area contributed by atoms with Crippen molar-refractivity contribution in [3.8, 4) is 11.3 Å². The first-order chi connectivity index (χ1) is 24.2. The van der Waals surface area contributed by atoms with Gasteiger partial charge in [-0.1, -0.05) is 100 Å². The standard InChI is InChI=1S/C43H45FN2OS3/c1-29(2)23-30-11-8-12-31(24-30)35-17-10-20-43(3,4)28-48-22-19-37-36-18-21-46(50-33-14-6-5-7-15-33)40(36)26-38(44)41(37)49-34-16-9-13-32(25-34)39-27-47-42(35)45-39/h5-9,11-16,18,21,24-27,29,35H,10,17,19-20,22-23,28H2,1-4H3. The number of aryl methyl sites for hydroxylation is 1. The molecule has 4 bridgehead atoms. The molecule has 0 amide bonds. The Morgan fingerprint density at radius 1 is 1.00 bits per heavy atom. The Bertz CT molecular complexity index is 2070. The van der Waals surface area contributed by atoms with E-state index in [9.17, 15) is 0 Å². The van der Waals surface area contributed by atoms with Crippen molar-refractivity contribution in [3.05, 3.63) is 132 Å². The number of fused-ring (bicyclic) bond motifs is 8. The van der Waals surface area contributed by atoms with E-state index < -0.39 is 0 Å². The first kappa shape index (κ1) is 35.0. The van der Waals surface area contributed by atoms with E-state index in [4.69, 9.17) is 9.40 Å². The van der Waals surface area contributed by atoms with Crippen molar-refractivity contribution in [2.45, 2.75) is 80.4 Å². The lowest BCUT2D eigenvalue weighted by molar-refractivity contribution is 0.356. The highest BCUT2D eigenvalue weighted by Gasteiger charge is 2.25. The minimum Gasteiger partial charge on any atom is -0.448 e. The molecule has 3 heterocycles. The third-order valence-corrected chi connectivity index (χ3v) is 13.0. The van der Waals surface area contributed by atoms with Crippen LogP contribution in [0.15, 0.2) is 123 Å². The monoisotopic (exact) mass is 720 g/mol. The van der Waals surface area contributed by atoms with Gasteiger partial charge in [0, 0.05) is 33.0 Å². The number of benzene rings is 4. The average Bonchev–Trinajstić information content (AvgIpc) is 3.74. The fourth-order valence-electron chi connectivity index (χ4n) is 6.95. The Labute approximate surface area is 309 Å². The lowest BCUT2D eigenvalue weighted by atomic mass is 9.85. The van der Waals surface area contributed by atoms with E-state index in [1.54, 1.807) is 24.3 Å². The first-order valence-corrected chi connectivity index (χ1v) is 20.4. The molecule has 6 aromatic rings. The van der Waals surface area contributed by atoms with E-state index in [1.165, 1.54) is 22.9 Å². The molecule has 0 spiro atoms. The molecule has 0 radical (unpaired) electrons. The number of hydrogen-bond donors (Lipinski definition) is 0. The van der Waals surface area contributed by atoms with Crippen molar-refractivity contribution in [2.24, 2.45) is 11.3 Å². The van der Waals surface area contributed by atoms with Crippen LogP contribution in [-0.2, 0) is 12.8 Å². The maximum Gasteiger partial charge on any atom is 0.202 e. The van der Waals surface area contributed by atoms with Gasteiger partial charge in [-0.3, -0.25) is 3.97 Å². The van der Waals surface area contributed by atoms with Gasteiger partial charge in [-0.05, 0) is 107 Å². The number of thioether (sulfide) groups is 1. The highest BCUT2D eigenvalue weighted by Crippen LogP contribution is 2.42. The molecule has 258 valence electrons. The molecule has 0 fully saturated rings. The molecule has 1 atom stereocenters. The van der Waals surface area contributed by atoms with Crippen molar-refractivity contribution < 1.29 is 8.81 Å². The predicted octanol–water partition coefficient (Wildman–Crippen LogP) is 13.0. The summed E-state index contributed by atoms with van der Waals surface area (Å²) in [5, 5.41) is 1.12. The second-order valence-corrected chi connectivity index (χ2v) is 17.8. The van der Waals surface area contributed by atoms with E-state index in [0.29, 0.717) is 10.8 Å². The zero-order chi connectivity index (χ0) is 34.7. The molecule has 50 heavy (non-hydrogen) atoms. The summed E-state index contributed by atoms with van der Waals surface area (Å²) >= 11 is 5.12. The number of rotatable bonds is 5. The van der Waals surface area contributed by atoms with Crippen LogP contribution in [0.2, 0.25) is 0 Å². The quantitative estimate of drug-likeness (QED) is 0.177. The average molecular weight is 721 g/mol. The number of halogens is 1. The summed E-state index contributed by atoms with van der Waals surface area (Å²) in [6.07, 6.45) is 8.91. The van der Waals surface area contributed by atoms with Gasteiger partial charge in [0.25, 0.3) is 0 Å². The minimum absolute atomic E-state index is 0.0894. The molecule has 0 N–H and O–H groups in total. The SMILES string of the molecule is CC(C)Cc1cccc(C2CCCC(C)(C)CSCCc3c(c(F)cc4c3ccn4Sc3ccccc3)Sc3cccc(c3)-c3coc2n3)c1. The molecule has 1 unspecified atom stereocenters. The van der Waals surface area contributed by atoms with Crippen LogP contribution in [0.1, 0.15) is 75.5 Å². The van der Waals surface area contributed by atoms with Gasteiger partial charge < -0.3 is 4.42 Å². The molecule has 7 rings (SSSR count). The van der Waals surface area contributed by atoms with E-state index in [1.807, 2.05) is 36.0 Å². The number of nitrogens with zero attached hydrogens (tertiary/aromatic N) is 2.